The van der Waals surface area contributed by atoms with Crippen LogP contribution in [-0.2, 0) is 9.59 Å². The standard InChI is InChI=1S/C11H19NO3/c1-8(2-7-11(14)15)12-10(13)6-5-9-3-4-9/h8-9H,2-7H2,1H3,(H,12,13)(H,14,15). The first-order valence-corrected chi connectivity index (χ1v) is 5.59. The van der Waals surface area contributed by atoms with E-state index in [9.17, 15) is 9.59 Å². The van der Waals surface area contributed by atoms with Gasteiger partial charge in [0.25, 0.3) is 0 Å². The molecule has 1 amide bonds. The summed E-state index contributed by atoms with van der Waals surface area (Å²) < 4.78 is 0. The Balaban J connectivity index is 2.04. The molecule has 0 saturated heterocycles. The van der Waals surface area contributed by atoms with E-state index in [4.69, 9.17) is 5.11 Å². The summed E-state index contributed by atoms with van der Waals surface area (Å²) in [6.45, 7) is 1.85. The third kappa shape index (κ3) is 6.10. The van der Waals surface area contributed by atoms with Gasteiger partial charge in [0.15, 0.2) is 0 Å². The third-order valence-electron chi connectivity index (χ3n) is 2.68. The van der Waals surface area contributed by atoms with Gasteiger partial charge in [-0.2, -0.15) is 0 Å². The van der Waals surface area contributed by atoms with E-state index < -0.39 is 5.97 Å². The van der Waals surface area contributed by atoms with Gasteiger partial charge in [0.05, 0.1) is 0 Å². The van der Waals surface area contributed by atoms with Crippen molar-refractivity contribution in [1.29, 1.82) is 0 Å². The lowest BCUT2D eigenvalue weighted by Gasteiger charge is -2.12. The zero-order valence-electron chi connectivity index (χ0n) is 9.16. The quantitative estimate of drug-likeness (QED) is 0.674. The van der Waals surface area contributed by atoms with Crippen LogP contribution in [0.4, 0.5) is 0 Å². The zero-order chi connectivity index (χ0) is 11.3. The van der Waals surface area contributed by atoms with Gasteiger partial charge in [-0.3, -0.25) is 9.59 Å². The Morgan fingerprint density at radius 1 is 1.40 bits per heavy atom. The first kappa shape index (κ1) is 12.0. The molecule has 0 aromatic rings. The van der Waals surface area contributed by atoms with Crippen molar-refractivity contribution >= 4 is 11.9 Å². The molecule has 1 atom stereocenters. The van der Waals surface area contributed by atoms with Crippen molar-refractivity contribution in [3.63, 3.8) is 0 Å². The summed E-state index contributed by atoms with van der Waals surface area (Å²) in [5, 5.41) is 11.3. The molecule has 0 bridgehead atoms. The molecule has 86 valence electrons. The Bertz CT molecular complexity index is 236. The van der Waals surface area contributed by atoms with Crippen LogP contribution in [0.1, 0.15) is 45.4 Å². The molecule has 2 N–H and O–H groups in total. The van der Waals surface area contributed by atoms with Gasteiger partial charge in [-0.25, -0.2) is 0 Å². The lowest BCUT2D eigenvalue weighted by atomic mass is 10.1. The van der Waals surface area contributed by atoms with Crippen molar-refractivity contribution in [1.82, 2.24) is 5.32 Å². The lowest BCUT2D eigenvalue weighted by molar-refractivity contribution is -0.137. The van der Waals surface area contributed by atoms with Crippen LogP contribution < -0.4 is 5.32 Å². The first-order chi connectivity index (χ1) is 7.08. The predicted octanol–water partition coefficient (Wildman–Crippen LogP) is 1.55. The van der Waals surface area contributed by atoms with Crippen LogP contribution in [0.3, 0.4) is 0 Å². The lowest BCUT2D eigenvalue weighted by Crippen LogP contribution is -2.32. The van der Waals surface area contributed by atoms with Crippen molar-refractivity contribution in [2.24, 2.45) is 5.92 Å². The Kier molecular flexibility index (Phi) is 4.59. The van der Waals surface area contributed by atoms with E-state index in [1.807, 2.05) is 6.92 Å². The average Bonchev–Trinajstić information content (AvgIpc) is 2.95. The molecule has 0 radical (unpaired) electrons. The second-order valence-corrected chi connectivity index (χ2v) is 4.38. The fraction of sp³-hybridized carbons (Fsp3) is 0.818. The molecule has 1 fully saturated rings. The summed E-state index contributed by atoms with van der Waals surface area (Å²) in [6.07, 6.45) is 4.72. The summed E-state index contributed by atoms with van der Waals surface area (Å²) in [6, 6.07) is -0.0344. The highest BCUT2D eigenvalue weighted by atomic mass is 16.4. The highest BCUT2D eigenvalue weighted by Crippen LogP contribution is 2.33. The molecule has 4 nitrogen and oxygen atoms in total. The normalized spacial score (nSPS) is 17.1. The van der Waals surface area contributed by atoms with Gasteiger partial charge in [-0.15, -0.1) is 0 Å². The zero-order valence-corrected chi connectivity index (χ0v) is 9.16. The molecule has 0 aromatic carbocycles. The summed E-state index contributed by atoms with van der Waals surface area (Å²) >= 11 is 0. The Labute approximate surface area is 90.0 Å². The molecule has 0 heterocycles. The van der Waals surface area contributed by atoms with Gasteiger partial charge in [0.1, 0.15) is 0 Å². The second kappa shape index (κ2) is 5.73. The largest absolute Gasteiger partial charge is 0.481 e. The molecule has 0 aliphatic heterocycles. The minimum Gasteiger partial charge on any atom is -0.481 e. The van der Waals surface area contributed by atoms with Crippen LogP contribution in [0, 0.1) is 5.92 Å². The molecular weight excluding hydrogens is 194 g/mol. The van der Waals surface area contributed by atoms with Gasteiger partial charge in [0.2, 0.25) is 5.91 Å². The smallest absolute Gasteiger partial charge is 0.303 e. The molecular formula is C11H19NO3. The van der Waals surface area contributed by atoms with Crippen molar-refractivity contribution in [3.05, 3.63) is 0 Å². The SMILES string of the molecule is CC(CCC(=O)O)NC(=O)CCC1CC1. The number of hydrogen-bond donors (Lipinski definition) is 2. The predicted molar refractivity (Wildman–Crippen MR) is 56.4 cm³/mol. The third-order valence-corrected chi connectivity index (χ3v) is 2.68. The van der Waals surface area contributed by atoms with Crippen molar-refractivity contribution in [2.75, 3.05) is 0 Å². The Morgan fingerprint density at radius 2 is 2.07 bits per heavy atom. The summed E-state index contributed by atoms with van der Waals surface area (Å²) in [5.41, 5.74) is 0. The van der Waals surface area contributed by atoms with Crippen LogP contribution in [-0.4, -0.2) is 23.0 Å². The maximum absolute atomic E-state index is 11.4. The number of rotatable bonds is 7. The fourth-order valence-corrected chi connectivity index (χ4v) is 1.50. The monoisotopic (exact) mass is 213 g/mol. The van der Waals surface area contributed by atoms with E-state index >= 15 is 0 Å². The fourth-order valence-electron chi connectivity index (χ4n) is 1.50. The average molecular weight is 213 g/mol. The molecule has 1 unspecified atom stereocenters. The van der Waals surface area contributed by atoms with Gasteiger partial charge < -0.3 is 10.4 Å². The number of amides is 1. The van der Waals surface area contributed by atoms with Crippen LogP contribution in [0.5, 0.6) is 0 Å². The maximum atomic E-state index is 11.4. The minimum absolute atomic E-state index is 0.0344. The number of hydrogen-bond acceptors (Lipinski definition) is 2. The van der Waals surface area contributed by atoms with E-state index in [0.29, 0.717) is 12.8 Å². The van der Waals surface area contributed by atoms with E-state index in [-0.39, 0.29) is 18.4 Å². The highest BCUT2D eigenvalue weighted by Gasteiger charge is 2.22. The highest BCUT2D eigenvalue weighted by molar-refractivity contribution is 5.76. The maximum Gasteiger partial charge on any atom is 0.303 e. The van der Waals surface area contributed by atoms with Crippen LogP contribution in [0.2, 0.25) is 0 Å². The van der Waals surface area contributed by atoms with Crippen molar-refractivity contribution in [2.45, 2.75) is 51.5 Å². The van der Waals surface area contributed by atoms with E-state index in [1.165, 1.54) is 12.8 Å². The molecule has 0 spiro atoms. The van der Waals surface area contributed by atoms with Gasteiger partial charge in [0, 0.05) is 18.9 Å². The molecule has 4 heteroatoms. The Morgan fingerprint density at radius 3 is 2.60 bits per heavy atom. The van der Waals surface area contributed by atoms with Crippen molar-refractivity contribution < 1.29 is 14.7 Å². The van der Waals surface area contributed by atoms with E-state index in [0.717, 1.165) is 12.3 Å². The second-order valence-electron chi connectivity index (χ2n) is 4.38. The molecule has 0 aromatic heterocycles. The number of carbonyl (C=O) groups is 2. The van der Waals surface area contributed by atoms with E-state index in [1.54, 1.807) is 0 Å². The summed E-state index contributed by atoms with van der Waals surface area (Å²) in [4.78, 5) is 21.7. The molecule has 1 saturated carbocycles. The minimum atomic E-state index is -0.811. The summed E-state index contributed by atoms with van der Waals surface area (Å²) in [5.74, 6) is 0.0129. The number of carboxylic acids is 1. The molecule has 1 aliphatic rings. The van der Waals surface area contributed by atoms with Crippen LogP contribution >= 0.6 is 0 Å². The number of nitrogens with one attached hydrogen (secondary N) is 1. The van der Waals surface area contributed by atoms with E-state index in [2.05, 4.69) is 5.32 Å². The van der Waals surface area contributed by atoms with Crippen LogP contribution in [0.25, 0.3) is 0 Å². The molecule has 1 aliphatic carbocycles. The number of carboxylic acid groups (broad SMARTS) is 1. The molecule has 1 rings (SSSR count). The van der Waals surface area contributed by atoms with Gasteiger partial charge in [-0.05, 0) is 25.7 Å². The number of aliphatic carboxylic acids is 1. The first-order valence-electron chi connectivity index (χ1n) is 5.59. The van der Waals surface area contributed by atoms with Crippen LogP contribution in [0.15, 0.2) is 0 Å². The Hall–Kier alpha value is -1.06. The number of carbonyl (C=O) groups excluding carboxylic acids is 1. The summed E-state index contributed by atoms with van der Waals surface area (Å²) in [7, 11) is 0. The van der Waals surface area contributed by atoms with Gasteiger partial charge in [-0.1, -0.05) is 12.8 Å². The van der Waals surface area contributed by atoms with Crippen molar-refractivity contribution in [3.8, 4) is 0 Å². The topological polar surface area (TPSA) is 66.4 Å². The molecule has 15 heavy (non-hydrogen) atoms. The van der Waals surface area contributed by atoms with Gasteiger partial charge >= 0.3 is 5.97 Å².